The van der Waals surface area contributed by atoms with E-state index in [0.29, 0.717) is 6.10 Å². The SMILES string of the molecule is COC1CCN(Cc2cccc(C)c2I)CC1. The fourth-order valence-electron chi connectivity index (χ4n) is 2.37. The number of likely N-dealkylation sites (tertiary alicyclic amines) is 1. The first-order valence-electron chi connectivity index (χ1n) is 6.20. The lowest BCUT2D eigenvalue weighted by Gasteiger charge is -2.31. The minimum Gasteiger partial charge on any atom is -0.381 e. The predicted octanol–water partition coefficient (Wildman–Crippen LogP) is 3.21. The summed E-state index contributed by atoms with van der Waals surface area (Å²) >= 11 is 2.46. The lowest BCUT2D eigenvalue weighted by Crippen LogP contribution is -2.36. The molecule has 0 spiro atoms. The van der Waals surface area contributed by atoms with Crippen LogP contribution in [0.3, 0.4) is 0 Å². The molecule has 1 aliphatic rings. The highest BCUT2D eigenvalue weighted by molar-refractivity contribution is 14.1. The van der Waals surface area contributed by atoms with Gasteiger partial charge in [-0.25, -0.2) is 0 Å². The first-order chi connectivity index (χ1) is 8.20. The third-order valence-electron chi connectivity index (χ3n) is 3.53. The van der Waals surface area contributed by atoms with E-state index in [9.17, 15) is 0 Å². The molecule has 1 aromatic carbocycles. The van der Waals surface area contributed by atoms with E-state index in [1.54, 1.807) is 0 Å². The van der Waals surface area contributed by atoms with E-state index in [2.05, 4.69) is 52.6 Å². The average Bonchev–Trinajstić information content (AvgIpc) is 2.36. The molecule has 94 valence electrons. The molecule has 3 heteroatoms. The Morgan fingerprint density at radius 2 is 2.06 bits per heavy atom. The van der Waals surface area contributed by atoms with Crippen LogP contribution < -0.4 is 0 Å². The Bertz CT molecular complexity index is 372. The van der Waals surface area contributed by atoms with Crippen molar-refractivity contribution in [1.29, 1.82) is 0 Å². The van der Waals surface area contributed by atoms with Crippen molar-refractivity contribution < 1.29 is 4.74 Å². The number of halogens is 1. The monoisotopic (exact) mass is 345 g/mol. The molecule has 0 N–H and O–H groups in total. The number of benzene rings is 1. The van der Waals surface area contributed by atoms with Crippen LogP contribution in [-0.2, 0) is 11.3 Å². The van der Waals surface area contributed by atoms with Crippen LogP contribution in [0.15, 0.2) is 18.2 Å². The largest absolute Gasteiger partial charge is 0.381 e. The maximum Gasteiger partial charge on any atom is 0.0595 e. The van der Waals surface area contributed by atoms with Crippen LogP contribution in [-0.4, -0.2) is 31.2 Å². The number of nitrogens with zero attached hydrogens (tertiary/aromatic N) is 1. The van der Waals surface area contributed by atoms with Crippen LogP contribution >= 0.6 is 22.6 Å². The molecule has 2 nitrogen and oxygen atoms in total. The Morgan fingerprint density at radius 3 is 2.71 bits per heavy atom. The minimum atomic E-state index is 0.475. The molecule has 0 aliphatic carbocycles. The lowest BCUT2D eigenvalue weighted by molar-refractivity contribution is 0.0388. The highest BCUT2D eigenvalue weighted by Crippen LogP contribution is 2.21. The molecule has 0 unspecified atom stereocenters. The van der Waals surface area contributed by atoms with Crippen molar-refractivity contribution in [2.75, 3.05) is 20.2 Å². The van der Waals surface area contributed by atoms with Gasteiger partial charge in [0.15, 0.2) is 0 Å². The third kappa shape index (κ3) is 3.42. The van der Waals surface area contributed by atoms with Gasteiger partial charge in [0, 0.05) is 30.3 Å². The van der Waals surface area contributed by atoms with Crippen molar-refractivity contribution in [2.24, 2.45) is 0 Å². The Morgan fingerprint density at radius 1 is 1.35 bits per heavy atom. The second-order valence-electron chi connectivity index (χ2n) is 4.76. The van der Waals surface area contributed by atoms with Gasteiger partial charge in [-0.15, -0.1) is 0 Å². The van der Waals surface area contributed by atoms with Gasteiger partial charge in [0.25, 0.3) is 0 Å². The molecule has 0 atom stereocenters. The molecule has 0 radical (unpaired) electrons. The van der Waals surface area contributed by atoms with Gasteiger partial charge in [-0.1, -0.05) is 18.2 Å². The quantitative estimate of drug-likeness (QED) is 0.780. The summed E-state index contributed by atoms with van der Waals surface area (Å²) in [5, 5.41) is 0. The van der Waals surface area contributed by atoms with E-state index in [0.717, 1.165) is 19.6 Å². The number of aryl methyl sites for hydroxylation is 1. The van der Waals surface area contributed by atoms with Crippen molar-refractivity contribution in [1.82, 2.24) is 4.90 Å². The van der Waals surface area contributed by atoms with E-state index in [-0.39, 0.29) is 0 Å². The summed E-state index contributed by atoms with van der Waals surface area (Å²) in [7, 11) is 1.82. The summed E-state index contributed by atoms with van der Waals surface area (Å²) in [6, 6.07) is 6.59. The highest BCUT2D eigenvalue weighted by atomic mass is 127. The van der Waals surface area contributed by atoms with Crippen LogP contribution in [0.5, 0.6) is 0 Å². The van der Waals surface area contributed by atoms with Gasteiger partial charge < -0.3 is 4.74 Å². The second-order valence-corrected chi connectivity index (χ2v) is 5.84. The maximum atomic E-state index is 5.40. The standard InChI is InChI=1S/C14H20INO/c1-11-4-3-5-12(14(11)15)10-16-8-6-13(17-2)7-9-16/h3-5,13H,6-10H2,1-2H3. The molecule has 2 rings (SSSR count). The number of methoxy groups -OCH3 is 1. The van der Waals surface area contributed by atoms with Crippen LogP contribution in [0.2, 0.25) is 0 Å². The molecular formula is C14H20INO. The topological polar surface area (TPSA) is 12.5 Å². The number of hydrogen-bond acceptors (Lipinski definition) is 2. The smallest absolute Gasteiger partial charge is 0.0595 e. The average molecular weight is 345 g/mol. The Hall–Kier alpha value is -0.130. The van der Waals surface area contributed by atoms with E-state index in [1.807, 2.05) is 7.11 Å². The van der Waals surface area contributed by atoms with E-state index in [1.165, 1.54) is 27.5 Å². The molecule has 0 saturated carbocycles. The molecule has 1 aromatic rings. The van der Waals surface area contributed by atoms with Crippen molar-refractivity contribution in [2.45, 2.75) is 32.4 Å². The van der Waals surface area contributed by atoms with Gasteiger partial charge in [-0.3, -0.25) is 4.90 Å². The Balaban J connectivity index is 1.95. The molecule has 0 bridgehead atoms. The Labute approximate surface area is 117 Å². The lowest BCUT2D eigenvalue weighted by atomic mass is 10.1. The fraction of sp³-hybridized carbons (Fsp3) is 0.571. The first kappa shape index (κ1) is 13.3. The molecule has 0 aromatic heterocycles. The zero-order chi connectivity index (χ0) is 12.3. The van der Waals surface area contributed by atoms with Crippen LogP contribution in [0.4, 0.5) is 0 Å². The van der Waals surface area contributed by atoms with Crippen LogP contribution in [0.25, 0.3) is 0 Å². The molecule has 0 amide bonds. The number of rotatable bonds is 3. The molecule has 1 fully saturated rings. The number of ether oxygens (including phenoxy) is 1. The first-order valence-corrected chi connectivity index (χ1v) is 7.27. The summed E-state index contributed by atoms with van der Waals surface area (Å²) in [6.45, 7) is 5.57. The molecule has 1 saturated heterocycles. The molecule has 17 heavy (non-hydrogen) atoms. The third-order valence-corrected chi connectivity index (χ3v) is 5.08. The van der Waals surface area contributed by atoms with Gasteiger partial charge in [-0.2, -0.15) is 0 Å². The van der Waals surface area contributed by atoms with Gasteiger partial charge in [-0.05, 0) is 53.5 Å². The fourth-order valence-corrected chi connectivity index (χ4v) is 2.90. The van der Waals surface area contributed by atoms with Crippen LogP contribution in [0.1, 0.15) is 24.0 Å². The van der Waals surface area contributed by atoms with Gasteiger partial charge >= 0.3 is 0 Å². The summed E-state index contributed by atoms with van der Waals surface area (Å²) in [5.74, 6) is 0. The highest BCUT2D eigenvalue weighted by Gasteiger charge is 2.19. The van der Waals surface area contributed by atoms with Crippen molar-refractivity contribution in [3.8, 4) is 0 Å². The van der Waals surface area contributed by atoms with Gasteiger partial charge in [0.2, 0.25) is 0 Å². The van der Waals surface area contributed by atoms with Crippen LogP contribution in [0, 0.1) is 10.5 Å². The van der Waals surface area contributed by atoms with Crippen molar-refractivity contribution in [3.63, 3.8) is 0 Å². The zero-order valence-corrected chi connectivity index (χ0v) is 12.7. The van der Waals surface area contributed by atoms with Gasteiger partial charge in [0.05, 0.1) is 6.10 Å². The normalized spacial score (nSPS) is 18.5. The van der Waals surface area contributed by atoms with Crippen molar-refractivity contribution >= 4 is 22.6 Å². The summed E-state index contributed by atoms with van der Waals surface area (Å²) in [4.78, 5) is 2.53. The Kier molecular flexibility index (Phi) is 4.82. The minimum absolute atomic E-state index is 0.475. The van der Waals surface area contributed by atoms with Gasteiger partial charge in [0.1, 0.15) is 0 Å². The summed E-state index contributed by atoms with van der Waals surface area (Å²) in [6.07, 6.45) is 2.81. The predicted molar refractivity (Wildman–Crippen MR) is 79.2 cm³/mol. The second kappa shape index (κ2) is 6.16. The van der Waals surface area contributed by atoms with E-state index >= 15 is 0 Å². The molecule has 1 aliphatic heterocycles. The van der Waals surface area contributed by atoms with E-state index in [4.69, 9.17) is 4.74 Å². The maximum absolute atomic E-state index is 5.40. The molecule has 1 heterocycles. The van der Waals surface area contributed by atoms with E-state index < -0.39 is 0 Å². The van der Waals surface area contributed by atoms with Crippen molar-refractivity contribution in [3.05, 3.63) is 32.9 Å². The number of piperidine rings is 1. The number of hydrogen-bond donors (Lipinski definition) is 0. The zero-order valence-electron chi connectivity index (χ0n) is 10.6. The molecular weight excluding hydrogens is 325 g/mol. The summed E-state index contributed by atoms with van der Waals surface area (Å²) in [5.41, 5.74) is 2.84. The summed E-state index contributed by atoms with van der Waals surface area (Å²) < 4.78 is 6.82.